The number of furan rings is 1. The zero-order chi connectivity index (χ0) is 11.6. The SMILES string of the molecule is Cc1cc(S(=O)(=O)N2CC3(CC3)C2)c(C)o1. The summed E-state index contributed by atoms with van der Waals surface area (Å²) in [4.78, 5) is 0.334. The molecule has 1 spiro atoms. The first-order valence-electron chi connectivity index (χ1n) is 5.50. The standard InChI is InChI=1S/C11H15NO3S/c1-8-5-10(9(2)15-8)16(13,14)12-6-11(7-12)3-4-11/h5H,3-4,6-7H2,1-2H3. The second kappa shape index (κ2) is 2.90. The molecule has 0 unspecified atom stereocenters. The number of hydrogen-bond acceptors (Lipinski definition) is 3. The van der Waals surface area contributed by atoms with Gasteiger partial charge in [0.1, 0.15) is 16.4 Å². The molecule has 4 nitrogen and oxygen atoms in total. The number of sulfonamides is 1. The van der Waals surface area contributed by atoms with Crippen molar-refractivity contribution in [3.8, 4) is 0 Å². The van der Waals surface area contributed by atoms with E-state index in [0.717, 1.165) is 0 Å². The van der Waals surface area contributed by atoms with E-state index in [2.05, 4.69) is 0 Å². The summed E-state index contributed by atoms with van der Waals surface area (Å²) >= 11 is 0. The minimum atomic E-state index is -3.30. The van der Waals surface area contributed by atoms with E-state index in [-0.39, 0.29) is 0 Å². The van der Waals surface area contributed by atoms with Gasteiger partial charge < -0.3 is 4.42 Å². The molecule has 2 heterocycles. The summed E-state index contributed by atoms with van der Waals surface area (Å²) in [5.74, 6) is 1.15. The van der Waals surface area contributed by atoms with Crippen LogP contribution in [-0.2, 0) is 10.0 Å². The molecule has 0 bridgehead atoms. The molecule has 0 atom stereocenters. The van der Waals surface area contributed by atoms with E-state index in [4.69, 9.17) is 4.42 Å². The molecule has 0 aromatic carbocycles. The van der Waals surface area contributed by atoms with Crippen LogP contribution in [0.25, 0.3) is 0 Å². The molecule has 16 heavy (non-hydrogen) atoms. The maximum absolute atomic E-state index is 12.2. The minimum absolute atomic E-state index is 0.334. The van der Waals surface area contributed by atoms with Crippen molar-refractivity contribution < 1.29 is 12.8 Å². The average Bonchev–Trinajstić information content (AvgIpc) is 2.84. The fraction of sp³-hybridized carbons (Fsp3) is 0.636. The molecule has 1 aliphatic heterocycles. The monoisotopic (exact) mass is 241 g/mol. The molecule has 0 radical (unpaired) electrons. The highest BCUT2D eigenvalue weighted by Gasteiger charge is 2.56. The van der Waals surface area contributed by atoms with Gasteiger partial charge in [0.2, 0.25) is 10.0 Å². The topological polar surface area (TPSA) is 50.5 Å². The van der Waals surface area contributed by atoms with Gasteiger partial charge in [-0.2, -0.15) is 4.31 Å². The molecule has 5 heteroatoms. The van der Waals surface area contributed by atoms with Gasteiger partial charge in [-0.05, 0) is 38.2 Å². The number of aryl methyl sites for hydroxylation is 2. The van der Waals surface area contributed by atoms with Crippen LogP contribution in [0.2, 0.25) is 0 Å². The number of rotatable bonds is 2. The van der Waals surface area contributed by atoms with E-state index in [1.807, 2.05) is 0 Å². The Kier molecular flexibility index (Phi) is 1.87. The van der Waals surface area contributed by atoms with Crippen molar-refractivity contribution in [2.24, 2.45) is 5.41 Å². The minimum Gasteiger partial charge on any atom is -0.465 e. The summed E-state index contributed by atoms with van der Waals surface area (Å²) in [6.45, 7) is 4.86. The molecule has 88 valence electrons. The van der Waals surface area contributed by atoms with Crippen molar-refractivity contribution >= 4 is 10.0 Å². The van der Waals surface area contributed by atoms with Crippen LogP contribution in [0.5, 0.6) is 0 Å². The van der Waals surface area contributed by atoms with E-state index >= 15 is 0 Å². The highest BCUT2D eigenvalue weighted by atomic mass is 32.2. The molecule has 2 aliphatic rings. The molecule has 1 aromatic heterocycles. The number of hydrogen-bond donors (Lipinski definition) is 0. The molecule has 1 aromatic rings. The summed E-state index contributed by atoms with van der Waals surface area (Å²) in [5, 5.41) is 0. The van der Waals surface area contributed by atoms with E-state index in [0.29, 0.717) is 34.9 Å². The Labute approximate surface area is 95.3 Å². The lowest BCUT2D eigenvalue weighted by molar-refractivity contribution is 0.178. The molecule has 0 amide bonds. The first-order chi connectivity index (χ1) is 7.43. The van der Waals surface area contributed by atoms with Crippen LogP contribution in [0.4, 0.5) is 0 Å². The van der Waals surface area contributed by atoms with Crippen LogP contribution in [0.15, 0.2) is 15.4 Å². The van der Waals surface area contributed by atoms with Crippen molar-refractivity contribution in [2.75, 3.05) is 13.1 Å². The molecule has 0 N–H and O–H groups in total. The van der Waals surface area contributed by atoms with Gasteiger partial charge in [0.15, 0.2) is 0 Å². The molecule has 1 saturated carbocycles. The van der Waals surface area contributed by atoms with E-state index in [1.54, 1.807) is 24.2 Å². The maximum atomic E-state index is 12.2. The molecule has 3 rings (SSSR count). The second-order valence-corrected chi connectivity index (χ2v) is 6.96. The number of nitrogens with zero attached hydrogens (tertiary/aromatic N) is 1. The largest absolute Gasteiger partial charge is 0.465 e. The first-order valence-corrected chi connectivity index (χ1v) is 6.94. The van der Waals surface area contributed by atoms with E-state index in [1.165, 1.54) is 12.8 Å². The predicted molar refractivity (Wildman–Crippen MR) is 58.6 cm³/mol. The summed E-state index contributed by atoms with van der Waals surface area (Å²) in [6.07, 6.45) is 2.37. The summed E-state index contributed by atoms with van der Waals surface area (Å²) in [5.41, 5.74) is 0.347. The van der Waals surface area contributed by atoms with Crippen molar-refractivity contribution in [2.45, 2.75) is 31.6 Å². The fourth-order valence-corrected chi connectivity index (χ4v) is 4.25. The Morgan fingerprint density at radius 2 is 1.94 bits per heavy atom. The molecule has 1 saturated heterocycles. The zero-order valence-electron chi connectivity index (χ0n) is 9.49. The van der Waals surface area contributed by atoms with Gasteiger partial charge in [0.25, 0.3) is 0 Å². The first kappa shape index (κ1) is 10.4. The third-order valence-electron chi connectivity index (χ3n) is 3.59. The lowest BCUT2D eigenvalue weighted by Crippen LogP contribution is -2.51. The van der Waals surface area contributed by atoms with Crippen LogP contribution in [0, 0.1) is 19.3 Å². The fourth-order valence-electron chi connectivity index (χ4n) is 2.37. The highest BCUT2D eigenvalue weighted by molar-refractivity contribution is 7.89. The van der Waals surface area contributed by atoms with Gasteiger partial charge in [-0.25, -0.2) is 8.42 Å². The molecular weight excluding hydrogens is 226 g/mol. The Bertz CT molecular complexity index is 532. The summed E-state index contributed by atoms with van der Waals surface area (Å²) in [7, 11) is -3.30. The van der Waals surface area contributed by atoms with Gasteiger partial charge in [-0.15, -0.1) is 0 Å². The van der Waals surface area contributed by atoms with Gasteiger partial charge in [-0.1, -0.05) is 0 Å². The third kappa shape index (κ3) is 1.34. The van der Waals surface area contributed by atoms with Crippen LogP contribution in [-0.4, -0.2) is 25.8 Å². The molecule has 1 aliphatic carbocycles. The Balaban J connectivity index is 1.90. The van der Waals surface area contributed by atoms with Crippen molar-refractivity contribution in [1.29, 1.82) is 0 Å². The smallest absolute Gasteiger partial charge is 0.246 e. The van der Waals surface area contributed by atoms with Crippen LogP contribution in [0.1, 0.15) is 24.4 Å². The van der Waals surface area contributed by atoms with Crippen molar-refractivity contribution in [3.63, 3.8) is 0 Å². The highest BCUT2D eigenvalue weighted by Crippen LogP contribution is 2.54. The third-order valence-corrected chi connectivity index (χ3v) is 5.49. The van der Waals surface area contributed by atoms with E-state index < -0.39 is 10.0 Å². The lowest BCUT2D eigenvalue weighted by atomic mass is 10.0. The van der Waals surface area contributed by atoms with Crippen molar-refractivity contribution in [1.82, 2.24) is 4.31 Å². The Morgan fingerprint density at radius 1 is 1.31 bits per heavy atom. The van der Waals surface area contributed by atoms with Gasteiger partial charge in [0, 0.05) is 13.1 Å². The molecular formula is C11H15NO3S. The summed E-state index contributed by atoms with van der Waals surface area (Å²) in [6, 6.07) is 1.61. The normalized spacial score (nSPS) is 23.4. The predicted octanol–water partition coefficient (Wildman–Crippen LogP) is 1.68. The van der Waals surface area contributed by atoms with Gasteiger partial charge >= 0.3 is 0 Å². The van der Waals surface area contributed by atoms with E-state index in [9.17, 15) is 8.42 Å². The lowest BCUT2D eigenvalue weighted by Gasteiger charge is -2.38. The Hall–Kier alpha value is -0.810. The maximum Gasteiger partial charge on any atom is 0.246 e. The zero-order valence-corrected chi connectivity index (χ0v) is 10.3. The second-order valence-electron chi connectivity index (χ2n) is 5.05. The van der Waals surface area contributed by atoms with Crippen LogP contribution in [0.3, 0.4) is 0 Å². The van der Waals surface area contributed by atoms with Crippen molar-refractivity contribution in [3.05, 3.63) is 17.6 Å². The average molecular weight is 241 g/mol. The van der Waals surface area contributed by atoms with Crippen LogP contribution >= 0.6 is 0 Å². The van der Waals surface area contributed by atoms with Gasteiger partial charge in [0.05, 0.1) is 0 Å². The van der Waals surface area contributed by atoms with Crippen LogP contribution < -0.4 is 0 Å². The van der Waals surface area contributed by atoms with Gasteiger partial charge in [-0.3, -0.25) is 0 Å². The quantitative estimate of drug-likeness (QED) is 0.791. The Morgan fingerprint density at radius 3 is 2.38 bits per heavy atom. The molecule has 2 fully saturated rings. The summed E-state index contributed by atoms with van der Waals surface area (Å²) < 4.78 is 31.3.